The Morgan fingerprint density at radius 2 is 1.83 bits per heavy atom. The van der Waals surface area contributed by atoms with Crippen LogP contribution in [0, 0.1) is 0 Å². The van der Waals surface area contributed by atoms with Crippen molar-refractivity contribution in [2.24, 2.45) is 0 Å². The molecule has 0 aliphatic carbocycles. The second-order valence-electron chi connectivity index (χ2n) is 7.23. The van der Waals surface area contributed by atoms with Crippen LogP contribution in [-0.2, 0) is 14.6 Å². The number of rotatable bonds is 6. The lowest BCUT2D eigenvalue weighted by Gasteiger charge is -2.16. The lowest BCUT2D eigenvalue weighted by Crippen LogP contribution is -2.40. The van der Waals surface area contributed by atoms with E-state index in [1.54, 1.807) is 6.92 Å². The number of aromatic nitrogens is 2. The molecule has 0 unspecified atom stereocenters. The van der Waals surface area contributed by atoms with E-state index in [1.807, 2.05) is 54.6 Å². The lowest BCUT2D eigenvalue weighted by atomic mass is 10.2. The number of carbonyl (C=O) groups is 1. The Morgan fingerprint density at radius 1 is 1.10 bits per heavy atom. The summed E-state index contributed by atoms with van der Waals surface area (Å²) in [7, 11) is -3.04. The Labute approximate surface area is 179 Å². The Bertz CT molecular complexity index is 1170. The van der Waals surface area contributed by atoms with Crippen molar-refractivity contribution in [2.75, 3.05) is 16.8 Å². The molecule has 0 radical (unpaired) electrons. The number of nitrogens with one attached hydrogen (secondary N) is 2. The molecule has 2 N–H and O–H groups in total. The SMILES string of the molecule is C[C@H](Sc1nc(Nc2ccccc2)c2ccccc2n1)C(=O)N[C@H]1CCS(=O)(=O)C1. The van der Waals surface area contributed by atoms with Crippen LogP contribution in [-0.4, -0.2) is 47.1 Å². The Hall–Kier alpha value is -2.65. The standard InChI is InChI=1S/C21H22N4O3S2/c1-14(20(26)23-16-11-12-30(27,28)13-16)29-21-24-18-10-6-5-9-17(18)19(25-21)22-15-7-3-2-4-8-15/h2-10,14,16H,11-13H2,1H3,(H,23,26)(H,22,24,25)/t14-,16-/m0/s1. The van der Waals surface area contributed by atoms with Crippen LogP contribution >= 0.6 is 11.8 Å². The number of benzene rings is 2. The number of nitrogens with zero attached hydrogens (tertiary/aromatic N) is 2. The molecule has 0 saturated carbocycles. The maximum Gasteiger partial charge on any atom is 0.233 e. The summed E-state index contributed by atoms with van der Waals surface area (Å²) in [6.45, 7) is 1.77. The van der Waals surface area contributed by atoms with E-state index in [9.17, 15) is 13.2 Å². The molecule has 0 spiro atoms. The third-order valence-corrected chi connectivity index (χ3v) is 7.58. The smallest absolute Gasteiger partial charge is 0.233 e. The summed E-state index contributed by atoms with van der Waals surface area (Å²) < 4.78 is 23.2. The second-order valence-corrected chi connectivity index (χ2v) is 10.8. The molecule has 30 heavy (non-hydrogen) atoms. The number of amides is 1. The molecule has 2 heterocycles. The average Bonchev–Trinajstić information content (AvgIpc) is 3.07. The molecule has 1 aliphatic rings. The number of fused-ring (bicyclic) bond motifs is 1. The van der Waals surface area contributed by atoms with Crippen LogP contribution in [0.4, 0.5) is 11.5 Å². The van der Waals surface area contributed by atoms with Crippen LogP contribution in [0.15, 0.2) is 59.8 Å². The zero-order valence-corrected chi connectivity index (χ0v) is 18.0. The van der Waals surface area contributed by atoms with E-state index in [0.29, 0.717) is 17.4 Å². The fraction of sp³-hybridized carbons (Fsp3) is 0.286. The first-order chi connectivity index (χ1) is 14.4. The van der Waals surface area contributed by atoms with Crippen molar-refractivity contribution in [3.05, 3.63) is 54.6 Å². The van der Waals surface area contributed by atoms with Crippen LogP contribution in [0.5, 0.6) is 0 Å². The molecule has 7 nitrogen and oxygen atoms in total. The van der Waals surface area contributed by atoms with Gasteiger partial charge in [-0.05, 0) is 37.6 Å². The first-order valence-corrected chi connectivity index (χ1v) is 12.4. The predicted octanol–water partition coefficient (Wildman–Crippen LogP) is 3.16. The van der Waals surface area contributed by atoms with Crippen molar-refractivity contribution in [1.82, 2.24) is 15.3 Å². The highest BCUT2D eigenvalue weighted by Gasteiger charge is 2.30. The Kier molecular flexibility index (Phi) is 5.92. The molecule has 2 aromatic carbocycles. The van der Waals surface area contributed by atoms with E-state index in [0.717, 1.165) is 16.6 Å². The van der Waals surface area contributed by atoms with Crippen molar-refractivity contribution >= 4 is 49.9 Å². The van der Waals surface area contributed by atoms with Crippen molar-refractivity contribution in [3.63, 3.8) is 0 Å². The fourth-order valence-corrected chi connectivity index (χ4v) is 5.76. The molecule has 3 aromatic rings. The predicted molar refractivity (Wildman–Crippen MR) is 120 cm³/mol. The summed E-state index contributed by atoms with van der Waals surface area (Å²) in [5.41, 5.74) is 1.69. The highest BCUT2D eigenvalue weighted by atomic mass is 32.2. The number of para-hydroxylation sites is 2. The van der Waals surface area contributed by atoms with Crippen LogP contribution in [0.3, 0.4) is 0 Å². The van der Waals surface area contributed by atoms with E-state index >= 15 is 0 Å². The Balaban J connectivity index is 1.53. The van der Waals surface area contributed by atoms with Crippen LogP contribution < -0.4 is 10.6 Å². The zero-order valence-electron chi connectivity index (χ0n) is 16.4. The molecule has 0 bridgehead atoms. The average molecular weight is 443 g/mol. The first kappa shape index (κ1) is 20.6. The highest BCUT2D eigenvalue weighted by molar-refractivity contribution is 8.00. The summed E-state index contributed by atoms with van der Waals surface area (Å²) in [5.74, 6) is 0.593. The van der Waals surface area contributed by atoms with Crippen molar-refractivity contribution in [2.45, 2.75) is 29.8 Å². The van der Waals surface area contributed by atoms with Crippen LogP contribution in [0.1, 0.15) is 13.3 Å². The van der Waals surface area contributed by atoms with E-state index in [2.05, 4.69) is 20.6 Å². The minimum Gasteiger partial charge on any atom is -0.351 e. The number of hydrogen-bond donors (Lipinski definition) is 2. The quantitative estimate of drug-likeness (QED) is 0.447. The molecule has 1 saturated heterocycles. The third-order valence-electron chi connectivity index (χ3n) is 4.85. The molecule has 1 aliphatic heterocycles. The van der Waals surface area contributed by atoms with E-state index < -0.39 is 15.1 Å². The maximum atomic E-state index is 12.6. The topological polar surface area (TPSA) is 101 Å². The van der Waals surface area contributed by atoms with Gasteiger partial charge in [-0.1, -0.05) is 42.1 Å². The minimum atomic E-state index is -3.04. The van der Waals surface area contributed by atoms with Crippen LogP contribution in [0.25, 0.3) is 10.9 Å². The molecule has 1 aromatic heterocycles. The van der Waals surface area contributed by atoms with Gasteiger partial charge in [-0.25, -0.2) is 18.4 Å². The molecule has 1 amide bonds. The van der Waals surface area contributed by atoms with E-state index in [4.69, 9.17) is 0 Å². The van der Waals surface area contributed by atoms with Gasteiger partial charge in [0.15, 0.2) is 15.0 Å². The Morgan fingerprint density at radius 3 is 2.57 bits per heavy atom. The van der Waals surface area contributed by atoms with E-state index in [-0.39, 0.29) is 23.5 Å². The van der Waals surface area contributed by atoms with Crippen molar-refractivity contribution in [1.29, 1.82) is 0 Å². The lowest BCUT2D eigenvalue weighted by molar-refractivity contribution is -0.120. The number of carbonyl (C=O) groups excluding carboxylic acids is 1. The number of anilines is 2. The van der Waals surface area contributed by atoms with E-state index in [1.165, 1.54) is 11.8 Å². The van der Waals surface area contributed by atoms with Gasteiger partial charge in [0.05, 0.1) is 22.3 Å². The monoisotopic (exact) mass is 442 g/mol. The van der Waals surface area contributed by atoms with Gasteiger partial charge in [0.25, 0.3) is 0 Å². The van der Waals surface area contributed by atoms with Gasteiger partial charge in [0, 0.05) is 17.1 Å². The minimum absolute atomic E-state index is 0.00768. The largest absolute Gasteiger partial charge is 0.351 e. The number of sulfone groups is 1. The second kappa shape index (κ2) is 8.61. The third kappa shape index (κ3) is 4.91. The molecule has 1 fully saturated rings. The summed E-state index contributed by atoms with van der Waals surface area (Å²) in [4.78, 5) is 21.8. The summed E-state index contributed by atoms with van der Waals surface area (Å²) in [6, 6.07) is 17.1. The number of hydrogen-bond acceptors (Lipinski definition) is 7. The fourth-order valence-electron chi connectivity index (χ4n) is 3.30. The normalized spacial score (nSPS) is 18.8. The van der Waals surface area contributed by atoms with Gasteiger partial charge >= 0.3 is 0 Å². The molecular formula is C21H22N4O3S2. The maximum absolute atomic E-state index is 12.6. The molecule has 156 valence electrons. The molecule has 9 heteroatoms. The summed E-state index contributed by atoms with van der Waals surface area (Å²) in [6.07, 6.45) is 0.461. The molecule has 4 rings (SSSR count). The van der Waals surface area contributed by atoms with Gasteiger partial charge in [0.1, 0.15) is 5.82 Å². The van der Waals surface area contributed by atoms with Crippen molar-refractivity contribution in [3.8, 4) is 0 Å². The zero-order chi connectivity index (χ0) is 21.1. The van der Waals surface area contributed by atoms with Gasteiger partial charge in [-0.2, -0.15) is 0 Å². The highest BCUT2D eigenvalue weighted by Crippen LogP contribution is 2.28. The van der Waals surface area contributed by atoms with Gasteiger partial charge in [-0.15, -0.1) is 0 Å². The first-order valence-electron chi connectivity index (χ1n) is 9.66. The van der Waals surface area contributed by atoms with Gasteiger partial charge in [-0.3, -0.25) is 4.79 Å². The number of thioether (sulfide) groups is 1. The summed E-state index contributed by atoms with van der Waals surface area (Å²) in [5, 5.41) is 7.07. The molecule has 2 atom stereocenters. The molecular weight excluding hydrogens is 420 g/mol. The van der Waals surface area contributed by atoms with Gasteiger partial charge in [0.2, 0.25) is 5.91 Å². The van der Waals surface area contributed by atoms with Crippen LogP contribution in [0.2, 0.25) is 0 Å². The summed E-state index contributed by atoms with van der Waals surface area (Å²) >= 11 is 1.25. The van der Waals surface area contributed by atoms with Gasteiger partial charge < -0.3 is 10.6 Å². The van der Waals surface area contributed by atoms with Crippen molar-refractivity contribution < 1.29 is 13.2 Å².